The summed E-state index contributed by atoms with van der Waals surface area (Å²) in [5.74, 6) is 0.0879. The van der Waals surface area contributed by atoms with Gasteiger partial charge in [-0.15, -0.1) is 10.2 Å². The molecule has 0 amide bonds. The molecule has 0 fully saturated rings. The van der Waals surface area contributed by atoms with Crippen molar-refractivity contribution in [3.8, 4) is 11.6 Å². The summed E-state index contributed by atoms with van der Waals surface area (Å²) in [6.07, 6.45) is 0. The zero-order valence-corrected chi connectivity index (χ0v) is 12.6. The van der Waals surface area contributed by atoms with Crippen molar-refractivity contribution in [2.75, 3.05) is 0 Å². The second-order valence-corrected chi connectivity index (χ2v) is 5.57. The Balaban J connectivity index is 2.23. The van der Waals surface area contributed by atoms with E-state index in [2.05, 4.69) is 10.2 Å². The maximum absolute atomic E-state index is 11.5. The van der Waals surface area contributed by atoms with Gasteiger partial charge < -0.3 is 14.1 Å². The lowest BCUT2D eigenvalue weighted by Gasteiger charge is -2.13. The van der Waals surface area contributed by atoms with Crippen molar-refractivity contribution in [3.05, 3.63) is 36.2 Å². The van der Waals surface area contributed by atoms with E-state index in [0.29, 0.717) is 17.5 Å². The van der Waals surface area contributed by atoms with Gasteiger partial charge in [0.2, 0.25) is 5.89 Å². The van der Waals surface area contributed by atoms with Crippen molar-refractivity contribution in [1.82, 2.24) is 14.8 Å². The van der Waals surface area contributed by atoms with Gasteiger partial charge in [0.25, 0.3) is 5.89 Å². The van der Waals surface area contributed by atoms with Gasteiger partial charge in [-0.1, -0.05) is 32.0 Å². The first-order chi connectivity index (χ1) is 10.5. The highest BCUT2D eigenvalue weighted by molar-refractivity contribution is 5.88. The van der Waals surface area contributed by atoms with E-state index >= 15 is 0 Å². The zero-order chi connectivity index (χ0) is 15.9. The SMILES string of the molecule is CC(C)c1nnc(-c2cc3ccccc3n2C(C)C(=O)O)o1. The van der Waals surface area contributed by atoms with Crippen molar-refractivity contribution in [1.29, 1.82) is 0 Å². The lowest BCUT2D eigenvalue weighted by Crippen LogP contribution is -2.16. The molecule has 0 saturated carbocycles. The molecule has 0 aliphatic rings. The number of hydrogen-bond donors (Lipinski definition) is 1. The van der Waals surface area contributed by atoms with Gasteiger partial charge in [-0.3, -0.25) is 0 Å². The Hall–Kier alpha value is -2.63. The Morgan fingerprint density at radius 1 is 1.23 bits per heavy atom. The molecule has 0 bridgehead atoms. The van der Waals surface area contributed by atoms with Gasteiger partial charge in [-0.05, 0) is 19.1 Å². The second kappa shape index (κ2) is 5.29. The number of hydrogen-bond acceptors (Lipinski definition) is 4. The smallest absolute Gasteiger partial charge is 0.326 e. The standard InChI is InChI=1S/C16H17N3O3/c1-9(2)14-17-18-15(22-14)13-8-11-6-4-5-7-12(11)19(13)10(3)16(20)21/h4-10H,1-3H3,(H,20,21). The third kappa shape index (κ3) is 2.26. The summed E-state index contributed by atoms with van der Waals surface area (Å²) in [5, 5.41) is 18.4. The minimum absolute atomic E-state index is 0.121. The van der Waals surface area contributed by atoms with Gasteiger partial charge in [0.1, 0.15) is 11.7 Å². The molecule has 0 spiro atoms. The molecule has 1 N–H and O–H groups in total. The third-order valence-electron chi connectivity index (χ3n) is 3.65. The Bertz CT molecular complexity index is 832. The number of carbonyl (C=O) groups is 1. The van der Waals surface area contributed by atoms with Gasteiger partial charge in [0, 0.05) is 16.8 Å². The number of nitrogens with zero attached hydrogens (tertiary/aromatic N) is 3. The van der Waals surface area contributed by atoms with E-state index in [1.54, 1.807) is 11.5 Å². The van der Waals surface area contributed by atoms with E-state index in [-0.39, 0.29) is 5.92 Å². The van der Waals surface area contributed by atoms with Crippen LogP contribution in [-0.2, 0) is 4.79 Å². The quantitative estimate of drug-likeness (QED) is 0.797. The fraction of sp³-hybridized carbons (Fsp3) is 0.312. The van der Waals surface area contributed by atoms with Crippen LogP contribution >= 0.6 is 0 Å². The molecule has 3 aromatic rings. The first-order valence-electron chi connectivity index (χ1n) is 7.15. The van der Waals surface area contributed by atoms with Crippen molar-refractivity contribution in [3.63, 3.8) is 0 Å². The molecule has 3 rings (SSSR count). The molecule has 1 aromatic carbocycles. The molecule has 2 heterocycles. The molecular formula is C16H17N3O3. The van der Waals surface area contributed by atoms with Crippen molar-refractivity contribution >= 4 is 16.9 Å². The second-order valence-electron chi connectivity index (χ2n) is 5.57. The summed E-state index contributed by atoms with van der Waals surface area (Å²) in [7, 11) is 0. The zero-order valence-electron chi connectivity index (χ0n) is 12.6. The van der Waals surface area contributed by atoms with Crippen LogP contribution in [0.1, 0.15) is 38.6 Å². The number of para-hydroxylation sites is 1. The summed E-state index contributed by atoms with van der Waals surface area (Å²) in [6.45, 7) is 5.57. The number of carboxylic acids is 1. The normalized spacial score (nSPS) is 12.9. The fourth-order valence-corrected chi connectivity index (χ4v) is 2.44. The van der Waals surface area contributed by atoms with E-state index in [1.165, 1.54) is 0 Å². The van der Waals surface area contributed by atoms with Crippen LogP contribution in [-0.4, -0.2) is 25.8 Å². The highest BCUT2D eigenvalue weighted by Crippen LogP contribution is 2.31. The Morgan fingerprint density at radius 3 is 2.59 bits per heavy atom. The molecule has 0 aliphatic carbocycles. The van der Waals surface area contributed by atoms with Crippen LogP contribution in [0.3, 0.4) is 0 Å². The Labute approximate surface area is 127 Å². The monoisotopic (exact) mass is 299 g/mol. The lowest BCUT2D eigenvalue weighted by atomic mass is 10.2. The highest BCUT2D eigenvalue weighted by atomic mass is 16.4. The number of benzene rings is 1. The predicted octanol–water partition coefficient (Wildman–Crippen LogP) is 3.46. The molecule has 114 valence electrons. The maximum Gasteiger partial charge on any atom is 0.326 e. The summed E-state index contributed by atoms with van der Waals surface area (Å²) >= 11 is 0. The summed E-state index contributed by atoms with van der Waals surface area (Å²) < 4.78 is 7.41. The largest absolute Gasteiger partial charge is 0.480 e. The molecule has 0 aliphatic heterocycles. The van der Waals surface area contributed by atoms with E-state index in [1.807, 2.05) is 44.2 Å². The Morgan fingerprint density at radius 2 is 1.95 bits per heavy atom. The van der Waals surface area contributed by atoms with E-state index in [9.17, 15) is 9.90 Å². The molecule has 22 heavy (non-hydrogen) atoms. The first-order valence-corrected chi connectivity index (χ1v) is 7.15. The van der Waals surface area contributed by atoms with Crippen LogP contribution in [0.25, 0.3) is 22.5 Å². The van der Waals surface area contributed by atoms with Crippen molar-refractivity contribution in [2.45, 2.75) is 32.7 Å². The van der Waals surface area contributed by atoms with Crippen LogP contribution in [0, 0.1) is 0 Å². The minimum Gasteiger partial charge on any atom is -0.480 e. The van der Waals surface area contributed by atoms with Crippen LogP contribution in [0.4, 0.5) is 0 Å². The topological polar surface area (TPSA) is 81.2 Å². The van der Waals surface area contributed by atoms with Gasteiger partial charge in [-0.2, -0.15) is 0 Å². The summed E-state index contributed by atoms with van der Waals surface area (Å²) in [6, 6.07) is 8.76. The Kier molecular flexibility index (Phi) is 3.44. The molecule has 0 radical (unpaired) electrons. The van der Waals surface area contributed by atoms with Gasteiger partial charge in [-0.25, -0.2) is 4.79 Å². The molecule has 0 saturated heterocycles. The molecule has 2 aromatic heterocycles. The summed E-state index contributed by atoms with van der Waals surface area (Å²) in [4.78, 5) is 11.5. The molecule has 6 nitrogen and oxygen atoms in total. The number of aliphatic carboxylic acids is 1. The molecular weight excluding hydrogens is 282 g/mol. The maximum atomic E-state index is 11.5. The van der Waals surface area contributed by atoms with Gasteiger partial charge in [0.05, 0.1) is 0 Å². The molecule has 6 heteroatoms. The lowest BCUT2D eigenvalue weighted by molar-refractivity contribution is -0.140. The number of rotatable bonds is 4. The van der Waals surface area contributed by atoms with Crippen LogP contribution in [0.2, 0.25) is 0 Å². The summed E-state index contributed by atoms with van der Waals surface area (Å²) in [5.41, 5.74) is 1.45. The average molecular weight is 299 g/mol. The predicted molar refractivity (Wildman–Crippen MR) is 81.7 cm³/mol. The van der Waals surface area contributed by atoms with Crippen LogP contribution in [0.5, 0.6) is 0 Å². The average Bonchev–Trinajstić information content (AvgIpc) is 3.10. The minimum atomic E-state index is -0.911. The first kappa shape index (κ1) is 14.3. The number of fused-ring (bicyclic) bond motifs is 1. The fourth-order valence-electron chi connectivity index (χ4n) is 2.44. The van der Waals surface area contributed by atoms with Gasteiger partial charge >= 0.3 is 5.97 Å². The third-order valence-corrected chi connectivity index (χ3v) is 3.65. The molecule has 1 atom stereocenters. The highest BCUT2D eigenvalue weighted by Gasteiger charge is 2.23. The number of carboxylic acid groups (broad SMARTS) is 1. The van der Waals surface area contributed by atoms with E-state index < -0.39 is 12.0 Å². The van der Waals surface area contributed by atoms with Crippen LogP contribution < -0.4 is 0 Å². The van der Waals surface area contributed by atoms with Gasteiger partial charge in [0.15, 0.2) is 0 Å². The van der Waals surface area contributed by atoms with E-state index in [4.69, 9.17) is 4.42 Å². The van der Waals surface area contributed by atoms with E-state index in [0.717, 1.165) is 10.9 Å². The van der Waals surface area contributed by atoms with Crippen molar-refractivity contribution < 1.29 is 14.3 Å². The van der Waals surface area contributed by atoms with Crippen LogP contribution in [0.15, 0.2) is 34.7 Å². The molecule has 1 unspecified atom stereocenters. The van der Waals surface area contributed by atoms with Crippen molar-refractivity contribution in [2.24, 2.45) is 0 Å². The number of aromatic nitrogens is 3.